The normalized spacial score (nSPS) is 11.3. The van der Waals surface area contributed by atoms with Crippen LogP contribution in [0.25, 0.3) is 0 Å². The van der Waals surface area contributed by atoms with Gasteiger partial charge in [-0.3, -0.25) is 0 Å². The molecule has 0 atom stereocenters. The van der Waals surface area contributed by atoms with Crippen molar-refractivity contribution < 1.29 is 14.7 Å². The van der Waals surface area contributed by atoms with Crippen LogP contribution in [0.5, 0.6) is 0 Å². The van der Waals surface area contributed by atoms with Crippen LogP contribution in [0.2, 0.25) is 0 Å². The van der Waals surface area contributed by atoms with E-state index in [1.165, 1.54) is 7.11 Å². The van der Waals surface area contributed by atoms with E-state index in [1.807, 2.05) is 0 Å². The molecule has 1 rings (SSSR count). The van der Waals surface area contributed by atoms with Crippen LogP contribution in [0.15, 0.2) is 27.8 Å². The number of oxime groups is 1. The molecule has 0 heterocycles. The maximum Gasteiger partial charge on any atom is 0.339 e. The molecule has 0 aliphatic heterocycles. The fourth-order valence-electron chi connectivity index (χ4n) is 1.07. The topological polar surface area (TPSA) is 58.9 Å². The number of ether oxygens (including phenoxy) is 1. The summed E-state index contributed by atoms with van der Waals surface area (Å²) in [6, 6.07) is 5.05. The van der Waals surface area contributed by atoms with Crippen LogP contribution in [0, 0.1) is 0 Å². The summed E-state index contributed by atoms with van der Waals surface area (Å²) in [5.41, 5.74) is 1.51. The van der Waals surface area contributed by atoms with E-state index in [-0.39, 0.29) is 0 Å². The molecule has 0 aliphatic carbocycles. The first-order valence-electron chi connectivity index (χ1n) is 4.17. The van der Waals surface area contributed by atoms with Gasteiger partial charge in [0.15, 0.2) is 0 Å². The van der Waals surface area contributed by atoms with Crippen molar-refractivity contribution in [1.29, 1.82) is 0 Å². The highest BCUT2D eigenvalue weighted by Gasteiger charge is 2.11. The van der Waals surface area contributed by atoms with Gasteiger partial charge in [0.1, 0.15) is 0 Å². The number of carbonyl (C=O) groups excluding carboxylic acids is 1. The van der Waals surface area contributed by atoms with Crippen molar-refractivity contribution in [3.05, 3.63) is 33.8 Å². The van der Waals surface area contributed by atoms with Crippen molar-refractivity contribution in [3.63, 3.8) is 0 Å². The SMILES string of the molecule is COC(=O)c1cc(/C(C)=N/O)ccc1Br. The number of esters is 1. The highest BCUT2D eigenvalue weighted by molar-refractivity contribution is 9.10. The Morgan fingerprint density at radius 1 is 1.53 bits per heavy atom. The fourth-order valence-corrected chi connectivity index (χ4v) is 1.48. The molecule has 0 aromatic heterocycles. The smallest absolute Gasteiger partial charge is 0.339 e. The molecule has 0 spiro atoms. The first-order valence-corrected chi connectivity index (χ1v) is 4.96. The molecule has 0 aliphatic rings. The predicted molar refractivity (Wildman–Crippen MR) is 59.5 cm³/mol. The standard InChI is InChI=1S/C10H10BrNO3/c1-6(12-14)7-3-4-9(11)8(5-7)10(13)15-2/h3-5,14H,1-2H3/b12-6+. The van der Waals surface area contributed by atoms with Gasteiger partial charge >= 0.3 is 5.97 Å². The summed E-state index contributed by atoms with van der Waals surface area (Å²) >= 11 is 3.24. The Balaban J connectivity index is 3.22. The molecule has 0 bridgehead atoms. The summed E-state index contributed by atoms with van der Waals surface area (Å²) in [6.07, 6.45) is 0. The molecule has 4 nitrogen and oxygen atoms in total. The molecular formula is C10H10BrNO3. The van der Waals surface area contributed by atoms with E-state index in [0.717, 1.165) is 0 Å². The zero-order valence-corrected chi connectivity index (χ0v) is 9.91. The summed E-state index contributed by atoms with van der Waals surface area (Å²) < 4.78 is 5.26. The summed E-state index contributed by atoms with van der Waals surface area (Å²) in [5, 5.41) is 11.7. The number of hydrogen-bond acceptors (Lipinski definition) is 4. The lowest BCUT2D eigenvalue weighted by Crippen LogP contribution is -2.05. The summed E-state index contributed by atoms with van der Waals surface area (Å²) in [4.78, 5) is 11.3. The average Bonchev–Trinajstić information content (AvgIpc) is 2.27. The van der Waals surface area contributed by atoms with Crippen molar-refractivity contribution in [3.8, 4) is 0 Å². The molecule has 1 aromatic carbocycles. The largest absolute Gasteiger partial charge is 0.465 e. The van der Waals surface area contributed by atoms with E-state index >= 15 is 0 Å². The Morgan fingerprint density at radius 3 is 2.73 bits per heavy atom. The lowest BCUT2D eigenvalue weighted by atomic mass is 10.1. The van der Waals surface area contributed by atoms with Crippen LogP contribution in [0.3, 0.4) is 0 Å². The molecule has 15 heavy (non-hydrogen) atoms. The van der Waals surface area contributed by atoms with Gasteiger partial charge in [0.25, 0.3) is 0 Å². The summed E-state index contributed by atoms with van der Waals surface area (Å²) in [5.74, 6) is -0.436. The Morgan fingerprint density at radius 2 is 2.20 bits per heavy atom. The van der Waals surface area contributed by atoms with Crippen LogP contribution in [0.1, 0.15) is 22.8 Å². The van der Waals surface area contributed by atoms with Gasteiger partial charge in [0.2, 0.25) is 0 Å². The van der Waals surface area contributed by atoms with E-state index in [1.54, 1.807) is 25.1 Å². The van der Waals surface area contributed by atoms with Gasteiger partial charge < -0.3 is 9.94 Å². The number of methoxy groups -OCH3 is 1. The molecule has 0 saturated carbocycles. The second-order valence-electron chi connectivity index (χ2n) is 2.87. The molecule has 0 unspecified atom stereocenters. The Kier molecular flexibility index (Phi) is 3.85. The minimum atomic E-state index is -0.436. The average molecular weight is 272 g/mol. The van der Waals surface area contributed by atoms with Crippen molar-refractivity contribution in [2.45, 2.75) is 6.92 Å². The summed E-state index contributed by atoms with van der Waals surface area (Å²) in [6.45, 7) is 1.64. The van der Waals surface area contributed by atoms with Crippen LogP contribution < -0.4 is 0 Å². The van der Waals surface area contributed by atoms with Crippen LogP contribution >= 0.6 is 15.9 Å². The maximum absolute atomic E-state index is 11.3. The zero-order valence-electron chi connectivity index (χ0n) is 8.32. The van der Waals surface area contributed by atoms with E-state index in [2.05, 4.69) is 25.8 Å². The third-order valence-electron chi connectivity index (χ3n) is 1.94. The Hall–Kier alpha value is -1.36. The summed E-state index contributed by atoms with van der Waals surface area (Å²) in [7, 11) is 1.31. The van der Waals surface area contributed by atoms with E-state index < -0.39 is 5.97 Å². The number of benzene rings is 1. The van der Waals surface area contributed by atoms with Gasteiger partial charge in [-0.05, 0) is 40.5 Å². The number of hydrogen-bond donors (Lipinski definition) is 1. The van der Waals surface area contributed by atoms with Gasteiger partial charge in [0, 0.05) is 4.47 Å². The van der Waals surface area contributed by atoms with Crippen LogP contribution in [-0.4, -0.2) is 24.0 Å². The predicted octanol–water partition coefficient (Wildman–Crippen LogP) is 2.43. The maximum atomic E-state index is 11.3. The third kappa shape index (κ3) is 2.56. The van der Waals surface area contributed by atoms with Gasteiger partial charge in [0.05, 0.1) is 18.4 Å². The molecule has 0 radical (unpaired) electrons. The van der Waals surface area contributed by atoms with E-state index in [0.29, 0.717) is 21.3 Å². The number of halogens is 1. The van der Waals surface area contributed by atoms with Gasteiger partial charge in [-0.15, -0.1) is 0 Å². The fraction of sp³-hybridized carbons (Fsp3) is 0.200. The van der Waals surface area contributed by atoms with Crippen LogP contribution in [-0.2, 0) is 4.74 Å². The lowest BCUT2D eigenvalue weighted by Gasteiger charge is -2.05. The molecule has 0 fully saturated rings. The molecule has 1 aromatic rings. The van der Waals surface area contributed by atoms with Gasteiger partial charge in [-0.25, -0.2) is 4.79 Å². The monoisotopic (exact) mass is 271 g/mol. The minimum Gasteiger partial charge on any atom is -0.465 e. The zero-order chi connectivity index (χ0) is 11.4. The van der Waals surface area contributed by atoms with Gasteiger partial charge in [-0.2, -0.15) is 0 Å². The van der Waals surface area contributed by atoms with E-state index in [9.17, 15) is 4.79 Å². The molecule has 5 heteroatoms. The highest BCUT2D eigenvalue weighted by Crippen LogP contribution is 2.19. The first-order chi connectivity index (χ1) is 7.10. The number of nitrogens with zero attached hydrogens (tertiary/aromatic N) is 1. The highest BCUT2D eigenvalue weighted by atomic mass is 79.9. The van der Waals surface area contributed by atoms with Gasteiger partial charge in [-0.1, -0.05) is 11.2 Å². The lowest BCUT2D eigenvalue weighted by molar-refractivity contribution is 0.0599. The Bertz CT molecular complexity index is 415. The molecular weight excluding hydrogens is 262 g/mol. The van der Waals surface area contributed by atoms with Crippen LogP contribution in [0.4, 0.5) is 0 Å². The molecule has 0 saturated heterocycles. The molecule has 0 amide bonds. The van der Waals surface area contributed by atoms with Crippen molar-refractivity contribution in [2.75, 3.05) is 7.11 Å². The van der Waals surface area contributed by atoms with E-state index in [4.69, 9.17) is 5.21 Å². The molecule has 1 N–H and O–H groups in total. The van der Waals surface area contributed by atoms with Crippen molar-refractivity contribution >= 4 is 27.6 Å². The second kappa shape index (κ2) is 4.93. The quantitative estimate of drug-likeness (QED) is 0.389. The second-order valence-corrected chi connectivity index (χ2v) is 3.73. The third-order valence-corrected chi connectivity index (χ3v) is 2.63. The number of carbonyl (C=O) groups is 1. The van der Waals surface area contributed by atoms with Crippen molar-refractivity contribution in [2.24, 2.45) is 5.16 Å². The molecule has 80 valence electrons. The minimum absolute atomic E-state index is 0.401. The first kappa shape index (κ1) is 11.7. The Labute approximate surface area is 95.7 Å². The number of rotatable bonds is 2. The van der Waals surface area contributed by atoms with Crippen molar-refractivity contribution in [1.82, 2.24) is 0 Å².